The first-order chi connectivity index (χ1) is 9.40. The minimum Gasteiger partial charge on any atom is -0.324 e. The molecule has 0 aromatic carbocycles. The van der Waals surface area contributed by atoms with E-state index in [4.69, 9.17) is 0 Å². The van der Waals surface area contributed by atoms with Gasteiger partial charge in [0.15, 0.2) is 0 Å². The molecule has 0 aliphatic rings. The normalized spacial score (nSPS) is 11.7. The molecule has 0 aliphatic carbocycles. The zero-order valence-corrected chi connectivity index (χ0v) is 11.2. The van der Waals surface area contributed by atoms with Crippen molar-refractivity contribution in [3.63, 3.8) is 0 Å². The van der Waals surface area contributed by atoms with E-state index >= 15 is 0 Å². The average molecular weight is 284 g/mol. The summed E-state index contributed by atoms with van der Waals surface area (Å²) in [5.74, 6) is 0.603. The van der Waals surface area contributed by atoms with Crippen LogP contribution in [0.4, 0.5) is 24.8 Å². The van der Waals surface area contributed by atoms with Gasteiger partial charge in [0, 0.05) is 12.7 Å². The average Bonchev–Trinajstić information content (AvgIpc) is 2.69. The van der Waals surface area contributed by atoms with Crippen molar-refractivity contribution in [2.45, 2.75) is 33.0 Å². The summed E-state index contributed by atoms with van der Waals surface area (Å²) in [4.78, 5) is 7.70. The summed E-state index contributed by atoms with van der Waals surface area (Å²) < 4.78 is 39.2. The van der Waals surface area contributed by atoms with Crippen molar-refractivity contribution < 1.29 is 13.2 Å². The molecule has 0 amide bonds. The molecule has 2 aromatic heterocycles. The summed E-state index contributed by atoms with van der Waals surface area (Å²) in [6, 6.07) is 2.29. The number of pyridine rings is 1. The van der Waals surface area contributed by atoms with Gasteiger partial charge in [-0.3, -0.25) is 0 Å². The number of rotatable bonds is 4. The van der Waals surface area contributed by atoms with Gasteiger partial charge in [-0.2, -0.15) is 13.2 Å². The molecule has 0 radical (unpaired) electrons. The van der Waals surface area contributed by atoms with E-state index in [1.807, 2.05) is 24.6 Å². The second-order valence-electron chi connectivity index (χ2n) is 4.45. The van der Waals surface area contributed by atoms with Gasteiger partial charge in [-0.1, -0.05) is 6.92 Å². The van der Waals surface area contributed by atoms with E-state index < -0.39 is 11.9 Å². The zero-order chi connectivity index (χ0) is 14.8. The van der Waals surface area contributed by atoms with Gasteiger partial charge in [-0.05, 0) is 25.5 Å². The van der Waals surface area contributed by atoms with Crippen LogP contribution in [0.25, 0.3) is 0 Å². The molecule has 2 aromatic rings. The van der Waals surface area contributed by atoms with Crippen LogP contribution in [0.3, 0.4) is 0 Å². The number of aromatic nitrogens is 3. The number of anilines is 2. The predicted molar refractivity (Wildman–Crippen MR) is 69.8 cm³/mol. The minimum absolute atomic E-state index is 0.473. The Bertz CT molecular complexity index is 572. The molecule has 0 unspecified atom stereocenters. The lowest BCUT2D eigenvalue weighted by Gasteiger charge is -2.10. The van der Waals surface area contributed by atoms with Gasteiger partial charge < -0.3 is 9.88 Å². The molecule has 0 saturated carbocycles. The lowest BCUT2D eigenvalue weighted by molar-refractivity contribution is -0.141. The highest BCUT2D eigenvalue weighted by molar-refractivity contribution is 5.52. The quantitative estimate of drug-likeness (QED) is 0.929. The first kappa shape index (κ1) is 14.4. The maximum Gasteiger partial charge on any atom is 0.433 e. The summed E-state index contributed by atoms with van der Waals surface area (Å²) in [5.41, 5.74) is 0.415. The molecular weight excluding hydrogens is 269 g/mol. The number of halogens is 3. The Morgan fingerprint density at radius 1 is 1.30 bits per heavy atom. The van der Waals surface area contributed by atoms with E-state index in [1.165, 1.54) is 6.07 Å². The van der Waals surface area contributed by atoms with E-state index in [-0.39, 0.29) is 0 Å². The van der Waals surface area contributed by atoms with Crippen molar-refractivity contribution in [3.05, 3.63) is 35.9 Å². The molecule has 2 heterocycles. The molecular formula is C13H15F3N4. The van der Waals surface area contributed by atoms with Crippen LogP contribution in [0.2, 0.25) is 0 Å². The SMILES string of the molecule is CCCn1cc(C)nc1Nc1ccc(C(F)(F)F)nc1. The van der Waals surface area contributed by atoms with Gasteiger partial charge in [-0.25, -0.2) is 9.97 Å². The van der Waals surface area contributed by atoms with E-state index in [0.29, 0.717) is 11.6 Å². The molecule has 0 atom stereocenters. The summed E-state index contributed by atoms with van der Waals surface area (Å²) in [6.45, 7) is 4.69. The van der Waals surface area contributed by atoms with Crippen LogP contribution < -0.4 is 5.32 Å². The van der Waals surface area contributed by atoms with Crippen LogP contribution in [0.5, 0.6) is 0 Å². The minimum atomic E-state index is -4.42. The highest BCUT2D eigenvalue weighted by Gasteiger charge is 2.32. The molecule has 0 saturated heterocycles. The number of hydrogen-bond donors (Lipinski definition) is 1. The number of nitrogens with one attached hydrogen (secondary N) is 1. The topological polar surface area (TPSA) is 42.7 Å². The fourth-order valence-corrected chi connectivity index (χ4v) is 1.82. The third kappa shape index (κ3) is 3.28. The predicted octanol–water partition coefficient (Wildman–Crippen LogP) is 3.76. The fourth-order valence-electron chi connectivity index (χ4n) is 1.82. The van der Waals surface area contributed by atoms with Gasteiger partial charge in [0.1, 0.15) is 5.69 Å². The molecule has 0 bridgehead atoms. The van der Waals surface area contributed by atoms with E-state index in [9.17, 15) is 13.2 Å². The van der Waals surface area contributed by atoms with Gasteiger partial charge in [0.05, 0.1) is 17.6 Å². The Morgan fingerprint density at radius 3 is 2.60 bits per heavy atom. The monoisotopic (exact) mass is 284 g/mol. The third-order valence-corrected chi connectivity index (χ3v) is 2.67. The lowest BCUT2D eigenvalue weighted by atomic mass is 10.3. The first-order valence-corrected chi connectivity index (χ1v) is 6.24. The van der Waals surface area contributed by atoms with Crippen molar-refractivity contribution in [1.29, 1.82) is 0 Å². The van der Waals surface area contributed by atoms with Crippen LogP contribution in [0, 0.1) is 6.92 Å². The summed E-state index contributed by atoms with van der Waals surface area (Å²) in [6.07, 6.45) is -0.433. The van der Waals surface area contributed by atoms with Crippen molar-refractivity contribution >= 4 is 11.6 Å². The number of hydrogen-bond acceptors (Lipinski definition) is 3. The summed E-state index contributed by atoms with van der Waals surface area (Å²) >= 11 is 0. The second-order valence-corrected chi connectivity index (χ2v) is 4.45. The van der Waals surface area contributed by atoms with Gasteiger partial charge in [-0.15, -0.1) is 0 Å². The summed E-state index contributed by atoms with van der Waals surface area (Å²) in [5, 5.41) is 2.98. The van der Waals surface area contributed by atoms with Crippen molar-refractivity contribution in [2.75, 3.05) is 5.32 Å². The number of aryl methyl sites for hydroxylation is 2. The maximum atomic E-state index is 12.4. The van der Waals surface area contributed by atoms with Gasteiger partial charge in [0.2, 0.25) is 5.95 Å². The second kappa shape index (κ2) is 5.52. The number of alkyl halides is 3. The smallest absolute Gasteiger partial charge is 0.324 e. The molecule has 20 heavy (non-hydrogen) atoms. The van der Waals surface area contributed by atoms with E-state index in [0.717, 1.165) is 30.9 Å². The van der Waals surface area contributed by atoms with Crippen molar-refractivity contribution in [2.24, 2.45) is 0 Å². The molecule has 1 N–H and O–H groups in total. The van der Waals surface area contributed by atoms with E-state index in [2.05, 4.69) is 15.3 Å². The van der Waals surface area contributed by atoms with Crippen LogP contribution in [0.1, 0.15) is 24.7 Å². The zero-order valence-electron chi connectivity index (χ0n) is 11.2. The maximum absolute atomic E-state index is 12.4. The Balaban J connectivity index is 2.18. The molecule has 0 spiro atoms. The van der Waals surface area contributed by atoms with Crippen molar-refractivity contribution in [1.82, 2.24) is 14.5 Å². The Kier molecular flexibility index (Phi) is 3.96. The molecule has 7 heteroatoms. The van der Waals surface area contributed by atoms with Gasteiger partial charge in [0.25, 0.3) is 0 Å². The molecule has 4 nitrogen and oxygen atoms in total. The first-order valence-electron chi connectivity index (χ1n) is 6.24. The Morgan fingerprint density at radius 2 is 2.05 bits per heavy atom. The fraction of sp³-hybridized carbons (Fsp3) is 0.385. The largest absolute Gasteiger partial charge is 0.433 e. The van der Waals surface area contributed by atoms with Gasteiger partial charge >= 0.3 is 6.18 Å². The number of nitrogens with zero attached hydrogens (tertiary/aromatic N) is 3. The molecule has 108 valence electrons. The molecule has 2 rings (SSSR count). The lowest BCUT2D eigenvalue weighted by Crippen LogP contribution is -2.08. The highest BCUT2D eigenvalue weighted by Crippen LogP contribution is 2.28. The molecule has 0 fully saturated rings. The molecule has 0 aliphatic heterocycles. The summed E-state index contributed by atoms with van der Waals surface area (Å²) in [7, 11) is 0. The van der Waals surface area contributed by atoms with Crippen LogP contribution in [-0.2, 0) is 12.7 Å². The number of imidazole rings is 1. The third-order valence-electron chi connectivity index (χ3n) is 2.67. The van der Waals surface area contributed by atoms with E-state index in [1.54, 1.807) is 0 Å². The Hall–Kier alpha value is -2.05. The van der Waals surface area contributed by atoms with Crippen LogP contribution >= 0.6 is 0 Å². The highest BCUT2D eigenvalue weighted by atomic mass is 19.4. The van der Waals surface area contributed by atoms with Crippen LogP contribution in [0.15, 0.2) is 24.5 Å². The van der Waals surface area contributed by atoms with Crippen molar-refractivity contribution in [3.8, 4) is 0 Å². The standard InChI is InChI=1S/C13H15F3N4/c1-3-6-20-8-9(2)18-12(20)19-10-4-5-11(17-7-10)13(14,15)16/h4-5,7-8H,3,6H2,1-2H3,(H,18,19). The Labute approximate surface area is 114 Å². The van der Waals surface area contributed by atoms with Crippen LogP contribution in [-0.4, -0.2) is 14.5 Å².